The van der Waals surface area contributed by atoms with Crippen LogP contribution in [-0.4, -0.2) is 17.9 Å². The second-order valence-corrected chi connectivity index (χ2v) is 3.27. The van der Waals surface area contributed by atoms with Gasteiger partial charge in [0.25, 0.3) is 0 Å². The Balaban J connectivity index is 3.50. The van der Waals surface area contributed by atoms with Crippen LogP contribution in [0.25, 0.3) is 0 Å². The monoisotopic (exact) mass is 161 g/mol. The van der Waals surface area contributed by atoms with Gasteiger partial charge in [-0.3, -0.25) is 4.79 Å². The summed E-state index contributed by atoms with van der Waals surface area (Å²) in [7, 11) is 0. The summed E-state index contributed by atoms with van der Waals surface area (Å²) in [6.07, 6.45) is 3.83. The molecule has 0 aliphatic rings. The lowest BCUT2D eigenvalue weighted by molar-refractivity contribution is -0.121. The average molecular weight is 161 g/mol. The van der Waals surface area contributed by atoms with Gasteiger partial charge in [0, 0.05) is 5.92 Å². The van der Waals surface area contributed by atoms with Crippen LogP contribution in [0.2, 0.25) is 0 Å². The van der Waals surface area contributed by atoms with Crippen molar-refractivity contribution in [2.45, 2.75) is 19.8 Å². The van der Waals surface area contributed by atoms with E-state index in [0.717, 1.165) is 18.6 Å². The second-order valence-electron chi connectivity index (χ2n) is 2.29. The van der Waals surface area contributed by atoms with Gasteiger partial charge >= 0.3 is 0 Å². The fourth-order valence-corrected chi connectivity index (χ4v) is 1.33. The number of primary amides is 1. The summed E-state index contributed by atoms with van der Waals surface area (Å²) in [5, 5.41) is 0. The molecule has 0 aliphatic heterocycles. The van der Waals surface area contributed by atoms with Crippen LogP contribution in [0.1, 0.15) is 19.8 Å². The lowest BCUT2D eigenvalue weighted by Crippen LogP contribution is -2.22. The zero-order valence-corrected chi connectivity index (χ0v) is 7.41. The number of hydrogen-bond donors (Lipinski definition) is 1. The molecule has 0 aromatic rings. The van der Waals surface area contributed by atoms with E-state index in [2.05, 4.69) is 0 Å². The molecule has 2 nitrogen and oxygen atoms in total. The minimum atomic E-state index is -0.156. The molecule has 0 bridgehead atoms. The highest BCUT2D eigenvalue weighted by Crippen LogP contribution is 2.10. The van der Waals surface area contributed by atoms with Crippen LogP contribution < -0.4 is 5.73 Å². The van der Waals surface area contributed by atoms with Gasteiger partial charge in [0.2, 0.25) is 5.91 Å². The topological polar surface area (TPSA) is 43.1 Å². The van der Waals surface area contributed by atoms with Gasteiger partial charge in [-0.05, 0) is 24.9 Å². The summed E-state index contributed by atoms with van der Waals surface area (Å²) in [5.74, 6) is 0.963. The molecule has 60 valence electrons. The largest absolute Gasteiger partial charge is 0.369 e. The lowest BCUT2D eigenvalue weighted by atomic mass is 10.0. The normalized spacial score (nSPS) is 13.0. The van der Waals surface area contributed by atoms with Crippen LogP contribution in [-0.2, 0) is 4.79 Å². The van der Waals surface area contributed by atoms with Crippen molar-refractivity contribution in [3.63, 3.8) is 0 Å². The van der Waals surface area contributed by atoms with Gasteiger partial charge in [0.15, 0.2) is 0 Å². The quantitative estimate of drug-likeness (QED) is 0.659. The Kier molecular flexibility index (Phi) is 5.49. The third-order valence-electron chi connectivity index (χ3n) is 1.57. The Morgan fingerprint density at radius 2 is 2.30 bits per heavy atom. The van der Waals surface area contributed by atoms with E-state index in [-0.39, 0.29) is 11.8 Å². The SMILES string of the molecule is CCC(CCSC)C(N)=O. The molecule has 0 aromatic heterocycles. The summed E-state index contributed by atoms with van der Waals surface area (Å²) in [6.45, 7) is 2.00. The van der Waals surface area contributed by atoms with Crippen molar-refractivity contribution < 1.29 is 4.79 Å². The number of carbonyl (C=O) groups excluding carboxylic acids is 1. The first kappa shape index (κ1) is 9.82. The smallest absolute Gasteiger partial charge is 0.220 e. The molecule has 0 fully saturated rings. The van der Waals surface area contributed by atoms with E-state index in [1.54, 1.807) is 11.8 Å². The van der Waals surface area contributed by atoms with E-state index in [1.807, 2.05) is 13.2 Å². The van der Waals surface area contributed by atoms with Crippen molar-refractivity contribution >= 4 is 17.7 Å². The third-order valence-corrected chi connectivity index (χ3v) is 2.21. The summed E-state index contributed by atoms with van der Waals surface area (Å²) < 4.78 is 0. The van der Waals surface area contributed by atoms with Crippen molar-refractivity contribution in [2.24, 2.45) is 11.7 Å². The summed E-state index contributed by atoms with van der Waals surface area (Å²) in [4.78, 5) is 10.6. The standard InChI is InChI=1S/C7H15NOS/c1-3-6(7(8)9)4-5-10-2/h6H,3-5H2,1-2H3,(H2,8,9). The second kappa shape index (κ2) is 5.59. The maximum Gasteiger partial charge on any atom is 0.220 e. The van der Waals surface area contributed by atoms with Crippen LogP contribution >= 0.6 is 11.8 Å². The van der Waals surface area contributed by atoms with Crippen LogP contribution in [0, 0.1) is 5.92 Å². The molecule has 0 rings (SSSR count). The molecule has 10 heavy (non-hydrogen) atoms. The fourth-order valence-electron chi connectivity index (χ4n) is 0.808. The first-order valence-electron chi connectivity index (χ1n) is 3.50. The third kappa shape index (κ3) is 3.77. The van der Waals surface area contributed by atoms with Crippen molar-refractivity contribution in [1.29, 1.82) is 0 Å². The predicted octanol–water partition coefficient (Wildman–Crippen LogP) is 1.25. The Hall–Kier alpha value is -0.180. The molecule has 2 N–H and O–H groups in total. The van der Waals surface area contributed by atoms with Crippen LogP contribution in [0.4, 0.5) is 0 Å². The Morgan fingerprint density at radius 1 is 1.70 bits per heavy atom. The van der Waals surface area contributed by atoms with E-state index in [9.17, 15) is 4.79 Å². The molecule has 0 spiro atoms. The lowest BCUT2D eigenvalue weighted by Gasteiger charge is -2.07. The van der Waals surface area contributed by atoms with Crippen LogP contribution in [0.15, 0.2) is 0 Å². The van der Waals surface area contributed by atoms with Gasteiger partial charge in [-0.1, -0.05) is 6.92 Å². The van der Waals surface area contributed by atoms with Crippen molar-refractivity contribution in [1.82, 2.24) is 0 Å². The molecule has 3 heteroatoms. The zero-order chi connectivity index (χ0) is 7.98. The fraction of sp³-hybridized carbons (Fsp3) is 0.857. The van der Waals surface area contributed by atoms with E-state index in [0.29, 0.717) is 0 Å². The highest BCUT2D eigenvalue weighted by molar-refractivity contribution is 7.98. The van der Waals surface area contributed by atoms with Crippen molar-refractivity contribution in [3.8, 4) is 0 Å². The molecular weight excluding hydrogens is 146 g/mol. The maximum atomic E-state index is 10.6. The first-order chi connectivity index (χ1) is 4.72. The van der Waals surface area contributed by atoms with Gasteiger partial charge in [-0.2, -0.15) is 11.8 Å². The number of hydrogen-bond acceptors (Lipinski definition) is 2. The molecule has 1 amide bonds. The number of amides is 1. The maximum absolute atomic E-state index is 10.6. The Morgan fingerprint density at radius 3 is 2.60 bits per heavy atom. The molecule has 0 saturated carbocycles. The summed E-state index contributed by atoms with van der Waals surface area (Å²) in [6, 6.07) is 0. The molecule has 1 unspecified atom stereocenters. The predicted molar refractivity (Wildman–Crippen MR) is 46.0 cm³/mol. The average Bonchev–Trinajstić information content (AvgIpc) is 1.89. The van der Waals surface area contributed by atoms with E-state index >= 15 is 0 Å². The van der Waals surface area contributed by atoms with Gasteiger partial charge in [-0.25, -0.2) is 0 Å². The molecular formula is C7H15NOS. The van der Waals surface area contributed by atoms with Gasteiger partial charge in [-0.15, -0.1) is 0 Å². The molecule has 0 aromatic carbocycles. The molecule has 1 atom stereocenters. The minimum Gasteiger partial charge on any atom is -0.369 e. The molecule has 0 saturated heterocycles. The zero-order valence-electron chi connectivity index (χ0n) is 6.59. The van der Waals surface area contributed by atoms with E-state index in [4.69, 9.17) is 5.73 Å². The number of thioether (sulfide) groups is 1. The van der Waals surface area contributed by atoms with E-state index < -0.39 is 0 Å². The molecule has 0 heterocycles. The summed E-state index contributed by atoms with van der Waals surface area (Å²) in [5.41, 5.74) is 5.14. The summed E-state index contributed by atoms with van der Waals surface area (Å²) >= 11 is 1.75. The minimum absolute atomic E-state index is 0.0902. The van der Waals surface area contributed by atoms with Crippen molar-refractivity contribution in [3.05, 3.63) is 0 Å². The number of carbonyl (C=O) groups is 1. The molecule has 0 aliphatic carbocycles. The number of nitrogens with two attached hydrogens (primary N) is 1. The first-order valence-corrected chi connectivity index (χ1v) is 4.90. The van der Waals surface area contributed by atoms with E-state index in [1.165, 1.54) is 0 Å². The van der Waals surface area contributed by atoms with Gasteiger partial charge in [0.05, 0.1) is 0 Å². The molecule has 0 radical (unpaired) electrons. The van der Waals surface area contributed by atoms with Gasteiger partial charge in [0.1, 0.15) is 0 Å². The van der Waals surface area contributed by atoms with Gasteiger partial charge < -0.3 is 5.73 Å². The number of rotatable bonds is 5. The highest BCUT2D eigenvalue weighted by atomic mass is 32.2. The van der Waals surface area contributed by atoms with Crippen molar-refractivity contribution in [2.75, 3.05) is 12.0 Å². The Labute approximate surface area is 66.6 Å². The van der Waals surface area contributed by atoms with Crippen LogP contribution in [0.3, 0.4) is 0 Å². The van der Waals surface area contributed by atoms with Crippen LogP contribution in [0.5, 0.6) is 0 Å². The Bertz CT molecular complexity index is 106. The highest BCUT2D eigenvalue weighted by Gasteiger charge is 2.10.